The van der Waals surface area contributed by atoms with Crippen LogP contribution in [-0.4, -0.2) is 4.98 Å². The highest BCUT2D eigenvalue weighted by Crippen LogP contribution is 2.31. The maximum atomic E-state index is 12.1. The van der Waals surface area contributed by atoms with Crippen LogP contribution >= 0.6 is 27.5 Å². The van der Waals surface area contributed by atoms with E-state index in [1.807, 2.05) is 0 Å². The molecule has 0 saturated heterocycles. The number of halogens is 4. The Balaban J connectivity index is 3.17. The fourth-order valence-electron chi connectivity index (χ4n) is 0.586. The minimum atomic E-state index is -2.55. The van der Waals surface area contributed by atoms with E-state index in [9.17, 15) is 8.78 Å². The average Bonchev–Trinajstić information content (AvgIpc) is 1.94. The second kappa shape index (κ2) is 3.45. The highest BCUT2D eigenvalue weighted by atomic mass is 79.9. The first-order valence-electron chi connectivity index (χ1n) is 2.70. The fourth-order valence-corrected chi connectivity index (χ4v) is 1.13. The summed E-state index contributed by atoms with van der Waals surface area (Å²) in [6.07, 6.45) is -0.159. The molecule has 1 aromatic rings. The van der Waals surface area contributed by atoms with Gasteiger partial charge in [0.15, 0.2) is 0 Å². The van der Waals surface area contributed by atoms with E-state index in [0.29, 0.717) is 0 Å². The number of rotatable bonds is 1. The van der Waals surface area contributed by atoms with Crippen molar-refractivity contribution >= 4 is 27.5 Å². The van der Waals surface area contributed by atoms with Crippen LogP contribution in [0.4, 0.5) is 8.78 Å². The molecule has 0 aliphatic heterocycles. The lowest BCUT2D eigenvalue weighted by molar-refractivity contribution is 0.150. The Hall–Kier alpha value is -0.220. The summed E-state index contributed by atoms with van der Waals surface area (Å²) in [7, 11) is 0. The number of hydrogen-bond acceptors (Lipinski definition) is 1. The highest BCUT2D eigenvalue weighted by Gasteiger charge is 2.13. The van der Waals surface area contributed by atoms with Crippen molar-refractivity contribution in [2.45, 2.75) is 6.43 Å². The number of aromatic nitrogens is 1. The Bertz CT molecular complexity index is 267. The van der Waals surface area contributed by atoms with Gasteiger partial charge < -0.3 is 0 Å². The summed E-state index contributed by atoms with van der Waals surface area (Å²) in [6, 6.07) is 0. The van der Waals surface area contributed by atoms with Crippen LogP contribution in [0.2, 0.25) is 5.02 Å². The maximum absolute atomic E-state index is 12.1. The van der Waals surface area contributed by atoms with Gasteiger partial charge in [-0.2, -0.15) is 0 Å². The highest BCUT2D eigenvalue weighted by molar-refractivity contribution is 9.10. The van der Waals surface area contributed by atoms with E-state index >= 15 is 0 Å². The summed E-state index contributed by atoms with van der Waals surface area (Å²) >= 11 is 8.44. The first kappa shape index (κ1) is 8.87. The van der Waals surface area contributed by atoms with Gasteiger partial charge in [-0.15, -0.1) is 0 Å². The Kier molecular flexibility index (Phi) is 2.78. The fraction of sp³-hybridized carbons (Fsp3) is 0.167. The minimum Gasteiger partial charge on any atom is -0.263 e. The van der Waals surface area contributed by atoms with Crippen molar-refractivity contribution in [1.82, 2.24) is 4.98 Å². The van der Waals surface area contributed by atoms with Crippen molar-refractivity contribution in [2.24, 2.45) is 0 Å². The van der Waals surface area contributed by atoms with Gasteiger partial charge in [0, 0.05) is 16.9 Å². The Morgan fingerprint density at radius 2 is 2.09 bits per heavy atom. The summed E-state index contributed by atoms with van der Waals surface area (Å²) in [5, 5.41) is 0.197. The number of hydrogen-bond donors (Lipinski definition) is 0. The van der Waals surface area contributed by atoms with Gasteiger partial charge in [-0.3, -0.25) is 4.98 Å². The van der Waals surface area contributed by atoms with Crippen molar-refractivity contribution in [3.8, 4) is 0 Å². The molecular formula is C6H3BrClF2N. The van der Waals surface area contributed by atoms with Crippen LogP contribution in [0.3, 0.4) is 0 Å². The van der Waals surface area contributed by atoms with E-state index in [-0.39, 0.29) is 15.1 Å². The molecule has 1 heterocycles. The predicted octanol–water partition coefficient (Wildman–Crippen LogP) is 3.44. The van der Waals surface area contributed by atoms with E-state index in [0.717, 1.165) is 6.20 Å². The zero-order chi connectivity index (χ0) is 8.43. The van der Waals surface area contributed by atoms with Gasteiger partial charge in [-0.1, -0.05) is 11.6 Å². The van der Waals surface area contributed by atoms with Gasteiger partial charge in [0.2, 0.25) is 0 Å². The Morgan fingerprint density at radius 3 is 2.55 bits per heavy atom. The van der Waals surface area contributed by atoms with Crippen LogP contribution in [0.1, 0.15) is 12.0 Å². The van der Waals surface area contributed by atoms with Crippen LogP contribution in [0, 0.1) is 0 Å². The molecular weight excluding hydrogens is 239 g/mol. The molecule has 0 aromatic carbocycles. The van der Waals surface area contributed by atoms with Crippen molar-refractivity contribution in [2.75, 3.05) is 0 Å². The molecule has 0 fully saturated rings. The minimum absolute atomic E-state index is 0.183. The molecule has 0 amide bonds. The number of pyridine rings is 1. The van der Waals surface area contributed by atoms with Gasteiger partial charge in [0.05, 0.1) is 10.6 Å². The van der Waals surface area contributed by atoms with E-state index in [2.05, 4.69) is 20.9 Å². The summed E-state index contributed by atoms with van der Waals surface area (Å²) in [6.45, 7) is 0. The van der Waals surface area contributed by atoms with Gasteiger partial charge in [-0.05, 0) is 15.9 Å². The summed E-state index contributed by atoms with van der Waals surface area (Å²) in [5.41, 5.74) is -0.183. The number of alkyl halides is 2. The van der Waals surface area contributed by atoms with Gasteiger partial charge in [0.1, 0.15) is 0 Å². The molecule has 5 heteroatoms. The van der Waals surface area contributed by atoms with Crippen molar-refractivity contribution in [1.29, 1.82) is 0 Å². The molecule has 0 bridgehead atoms. The molecule has 0 aliphatic rings. The van der Waals surface area contributed by atoms with E-state index in [1.54, 1.807) is 0 Å². The molecule has 0 radical (unpaired) electrons. The van der Waals surface area contributed by atoms with E-state index in [4.69, 9.17) is 11.6 Å². The second-order valence-corrected chi connectivity index (χ2v) is 3.03. The lowest BCUT2D eigenvalue weighted by Crippen LogP contribution is -1.88. The topological polar surface area (TPSA) is 12.9 Å². The molecule has 1 rings (SSSR count). The van der Waals surface area contributed by atoms with E-state index < -0.39 is 6.43 Å². The summed E-state index contributed by atoms with van der Waals surface area (Å²) < 4.78 is 24.4. The quantitative estimate of drug-likeness (QED) is 0.735. The average molecular weight is 242 g/mol. The van der Waals surface area contributed by atoms with Crippen LogP contribution in [0.5, 0.6) is 0 Å². The first-order chi connectivity index (χ1) is 5.13. The largest absolute Gasteiger partial charge is 0.266 e. The van der Waals surface area contributed by atoms with Gasteiger partial charge >= 0.3 is 0 Å². The molecule has 1 aromatic heterocycles. The van der Waals surface area contributed by atoms with Crippen molar-refractivity contribution < 1.29 is 8.78 Å². The summed E-state index contributed by atoms with van der Waals surface area (Å²) in [5.74, 6) is 0. The molecule has 0 saturated carbocycles. The van der Waals surface area contributed by atoms with Gasteiger partial charge in [0.25, 0.3) is 6.43 Å². The van der Waals surface area contributed by atoms with Crippen molar-refractivity contribution in [3.05, 3.63) is 27.5 Å². The second-order valence-electron chi connectivity index (χ2n) is 1.83. The van der Waals surface area contributed by atoms with Crippen LogP contribution in [0.25, 0.3) is 0 Å². The zero-order valence-electron chi connectivity index (χ0n) is 5.19. The molecule has 60 valence electrons. The maximum Gasteiger partial charge on any atom is 0.266 e. The van der Waals surface area contributed by atoms with E-state index in [1.165, 1.54) is 6.20 Å². The molecule has 0 atom stereocenters. The molecule has 0 unspecified atom stereocenters. The third-order valence-corrected chi connectivity index (χ3v) is 2.50. The van der Waals surface area contributed by atoms with Crippen LogP contribution in [0.15, 0.2) is 16.9 Å². The first-order valence-corrected chi connectivity index (χ1v) is 3.87. The lowest BCUT2D eigenvalue weighted by Gasteiger charge is -2.02. The lowest BCUT2D eigenvalue weighted by atomic mass is 10.3. The smallest absolute Gasteiger partial charge is 0.263 e. The van der Waals surface area contributed by atoms with Crippen molar-refractivity contribution in [3.63, 3.8) is 0 Å². The Labute approximate surface area is 75.5 Å². The number of nitrogens with zero attached hydrogens (tertiary/aromatic N) is 1. The third-order valence-electron chi connectivity index (χ3n) is 1.10. The Morgan fingerprint density at radius 1 is 1.45 bits per heavy atom. The monoisotopic (exact) mass is 241 g/mol. The SMILES string of the molecule is FC(F)c1cncc(Cl)c1Br. The third kappa shape index (κ3) is 1.87. The molecule has 0 N–H and O–H groups in total. The summed E-state index contributed by atoms with van der Waals surface area (Å²) in [4.78, 5) is 3.52. The van der Waals surface area contributed by atoms with Gasteiger partial charge in [-0.25, -0.2) is 8.78 Å². The molecule has 1 nitrogen and oxygen atoms in total. The normalized spacial score (nSPS) is 10.6. The molecule has 0 aliphatic carbocycles. The van der Waals surface area contributed by atoms with Crippen LogP contribution < -0.4 is 0 Å². The standard InChI is InChI=1S/C6H3BrClF2N/c7-5-3(6(9)10)1-11-2-4(5)8/h1-2,6H. The van der Waals surface area contributed by atoms with Crippen LogP contribution in [-0.2, 0) is 0 Å². The predicted molar refractivity (Wildman–Crippen MR) is 41.9 cm³/mol. The molecule has 11 heavy (non-hydrogen) atoms. The molecule has 0 spiro atoms. The zero-order valence-corrected chi connectivity index (χ0v) is 7.53.